The summed E-state index contributed by atoms with van der Waals surface area (Å²) in [5, 5.41) is 11.9. The zero-order valence-corrected chi connectivity index (χ0v) is 16.9. The van der Waals surface area contributed by atoms with Crippen LogP contribution in [-0.4, -0.2) is 67.2 Å². The van der Waals surface area contributed by atoms with E-state index in [2.05, 4.69) is 5.32 Å². The van der Waals surface area contributed by atoms with Crippen molar-refractivity contribution in [3.8, 4) is 5.75 Å². The first kappa shape index (κ1) is 22.7. The molecule has 2 rings (SSSR count). The number of ether oxygens (including phenoxy) is 2. The molecule has 1 aliphatic rings. The summed E-state index contributed by atoms with van der Waals surface area (Å²) in [4.78, 5) is 37.2. The van der Waals surface area contributed by atoms with Gasteiger partial charge < -0.3 is 24.8 Å². The van der Waals surface area contributed by atoms with Gasteiger partial charge in [-0.05, 0) is 49.8 Å². The molecule has 0 aliphatic carbocycles. The van der Waals surface area contributed by atoms with Gasteiger partial charge in [0.05, 0.1) is 19.6 Å². The van der Waals surface area contributed by atoms with Crippen molar-refractivity contribution in [3.05, 3.63) is 29.8 Å². The highest BCUT2D eigenvalue weighted by Crippen LogP contribution is 2.17. The molecule has 1 fully saturated rings. The largest absolute Gasteiger partial charge is 0.494 e. The fourth-order valence-electron chi connectivity index (χ4n) is 3.29. The summed E-state index contributed by atoms with van der Waals surface area (Å²) >= 11 is 0. The fourth-order valence-corrected chi connectivity index (χ4v) is 3.29. The summed E-state index contributed by atoms with van der Waals surface area (Å²) in [5.41, 5.74) is 0.783. The van der Waals surface area contributed by atoms with Crippen molar-refractivity contribution in [2.45, 2.75) is 44.6 Å². The summed E-state index contributed by atoms with van der Waals surface area (Å²) in [7, 11) is 1.67. The maximum atomic E-state index is 12.3. The van der Waals surface area contributed by atoms with Crippen LogP contribution in [0.5, 0.6) is 5.75 Å². The number of carbonyl (C=O) groups excluding carboxylic acids is 2. The van der Waals surface area contributed by atoms with E-state index in [9.17, 15) is 19.5 Å². The molecule has 1 heterocycles. The smallest absolute Gasteiger partial charge is 0.326 e. The van der Waals surface area contributed by atoms with Crippen LogP contribution in [0.3, 0.4) is 0 Å². The SMILES string of the molecule is COCCCCOc1cccc(CC(=O)NCC(=O)N2CCCCC2C(=O)O)c1. The van der Waals surface area contributed by atoms with Crippen LogP contribution in [0.1, 0.15) is 37.7 Å². The zero-order chi connectivity index (χ0) is 21.1. The zero-order valence-electron chi connectivity index (χ0n) is 16.9. The van der Waals surface area contributed by atoms with Gasteiger partial charge in [0, 0.05) is 20.3 Å². The standard InChI is InChI=1S/C21H30N2O6/c1-28-11-4-5-12-29-17-8-6-7-16(13-17)14-19(24)22-15-20(25)23-10-3-2-9-18(23)21(26)27/h6-8,13,18H,2-5,9-12,14-15H2,1H3,(H,22,24)(H,26,27). The van der Waals surface area contributed by atoms with E-state index in [1.807, 2.05) is 24.3 Å². The number of aliphatic carboxylic acids is 1. The number of hydrogen-bond acceptors (Lipinski definition) is 5. The minimum Gasteiger partial charge on any atom is -0.494 e. The fraction of sp³-hybridized carbons (Fsp3) is 0.571. The lowest BCUT2D eigenvalue weighted by Crippen LogP contribution is -2.51. The maximum Gasteiger partial charge on any atom is 0.326 e. The number of rotatable bonds is 11. The van der Waals surface area contributed by atoms with Gasteiger partial charge in [-0.2, -0.15) is 0 Å². The van der Waals surface area contributed by atoms with Gasteiger partial charge in [0.15, 0.2) is 0 Å². The van der Waals surface area contributed by atoms with Gasteiger partial charge in [0.25, 0.3) is 0 Å². The van der Waals surface area contributed by atoms with E-state index in [1.165, 1.54) is 4.90 Å². The minimum atomic E-state index is -0.997. The molecular formula is C21H30N2O6. The average molecular weight is 406 g/mol. The number of likely N-dealkylation sites (tertiary alicyclic amines) is 1. The molecule has 1 aliphatic heterocycles. The molecule has 0 aromatic heterocycles. The highest BCUT2D eigenvalue weighted by molar-refractivity contribution is 5.88. The molecule has 8 nitrogen and oxygen atoms in total. The summed E-state index contributed by atoms with van der Waals surface area (Å²) in [6, 6.07) is 6.49. The summed E-state index contributed by atoms with van der Waals surface area (Å²) < 4.78 is 10.7. The number of nitrogens with one attached hydrogen (secondary N) is 1. The number of carbonyl (C=O) groups is 3. The van der Waals surface area contributed by atoms with Crippen LogP contribution in [0.25, 0.3) is 0 Å². The lowest BCUT2D eigenvalue weighted by atomic mass is 10.0. The third-order valence-corrected chi connectivity index (χ3v) is 4.82. The molecule has 29 heavy (non-hydrogen) atoms. The maximum absolute atomic E-state index is 12.3. The predicted octanol–water partition coefficient (Wildman–Crippen LogP) is 1.62. The Morgan fingerprint density at radius 3 is 2.76 bits per heavy atom. The summed E-state index contributed by atoms with van der Waals surface area (Å²) in [5.74, 6) is -0.956. The molecular weight excluding hydrogens is 376 g/mol. The van der Waals surface area contributed by atoms with Crippen molar-refractivity contribution in [2.24, 2.45) is 0 Å². The topological polar surface area (TPSA) is 105 Å². The molecule has 1 saturated heterocycles. The van der Waals surface area contributed by atoms with Crippen LogP contribution in [0.4, 0.5) is 0 Å². The van der Waals surface area contributed by atoms with E-state index in [-0.39, 0.29) is 24.8 Å². The number of nitrogens with zero attached hydrogens (tertiary/aromatic N) is 1. The Morgan fingerprint density at radius 2 is 2.00 bits per heavy atom. The van der Waals surface area contributed by atoms with Crippen LogP contribution in [0.15, 0.2) is 24.3 Å². The second-order valence-corrected chi connectivity index (χ2v) is 7.09. The Balaban J connectivity index is 1.77. The van der Waals surface area contributed by atoms with Crippen LogP contribution in [0.2, 0.25) is 0 Å². The van der Waals surface area contributed by atoms with E-state index in [1.54, 1.807) is 7.11 Å². The molecule has 1 unspecified atom stereocenters. The van der Waals surface area contributed by atoms with Crippen molar-refractivity contribution in [3.63, 3.8) is 0 Å². The first-order valence-electron chi connectivity index (χ1n) is 10.0. The Kier molecular flexibility index (Phi) is 9.43. The van der Waals surface area contributed by atoms with Gasteiger partial charge in [0.2, 0.25) is 11.8 Å². The van der Waals surface area contributed by atoms with E-state index >= 15 is 0 Å². The third-order valence-electron chi connectivity index (χ3n) is 4.82. The molecule has 1 aromatic rings. The van der Waals surface area contributed by atoms with Crippen molar-refractivity contribution >= 4 is 17.8 Å². The normalized spacial score (nSPS) is 16.3. The summed E-state index contributed by atoms with van der Waals surface area (Å²) in [6.07, 6.45) is 3.95. The molecule has 0 saturated carbocycles. The van der Waals surface area contributed by atoms with Gasteiger partial charge in [-0.15, -0.1) is 0 Å². The molecule has 1 aromatic carbocycles. The number of amides is 2. The van der Waals surface area contributed by atoms with Crippen LogP contribution in [-0.2, 0) is 25.5 Å². The monoisotopic (exact) mass is 406 g/mol. The number of benzene rings is 1. The van der Waals surface area contributed by atoms with Crippen LogP contribution < -0.4 is 10.1 Å². The number of carboxylic acid groups (broad SMARTS) is 1. The molecule has 0 spiro atoms. The number of hydrogen-bond donors (Lipinski definition) is 2. The van der Waals surface area contributed by atoms with Gasteiger partial charge in [-0.1, -0.05) is 12.1 Å². The third kappa shape index (κ3) is 7.73. The highest BCUT2D eigenvalue weighted by Gasteiger charge is 2.31. The van der Waals surface area contributed by atoms with E-state index in [0.29, 0.717) is 31.9 Å². The van der Waals surface area contributed by atoms with Gasteiger partial charge >= 0.3 is 5.97 Å². The second kappa shape index (κ2) is 12.1. The molecule has 0 radical (unpaired) electrons. The van der Waals surface area contributed by atoms with Crippen molar-refractivity contribution in [2.75, 3.05) is 33.4 Å². The number of piperidine rings is 1. The number of methoxy groups -OCH3 is 1. The first-order chi connectivity index (χ1) is 14.0. The lowest BCUT2D eigenvalue weighted by molar-refractivity contribution is -0.151. The average Bonchev–Trinajstić information content (AvgIpc) is 2.72. The molecule has 0 bridgehead atoms. The molecule has 8 heteroatoms. The quantitative estimate of drug-likeness (QED) is 0.541. The lowest BCUT2D eigenvalue weighted by Gasteiger charge is -2.33. The van der Waals surface area contributed by atoms with Crippen molar-refractivity contribution in [1.82, 2.24) is 10.2 Å². The van der Waals surface area contributed by atoms with Gasteiger partial charge in [-0.3, -0.25) is 9.59 Å². The Hall–Kier alpha value is -2.61. The Labute approximate surface area is 171 Å². The van der Waals surface area contributed by atoms with E-state index < -0.39 is 12.0 Å². The number of carboxylic acids is 1. The van der Waals surface area contributed by atoms with E-state index in [4.69, 9.17) is 9.47 Å². The van der Waals surface area contributed by atoms with Gasteiger partial charge in [0.1, 0.15) is 11.8 Å². The predicted molar refractivity (Wildman–Crippen MR) is 107 cm³/mol. The van der Waals surface area contributed by atoms with Crippen molar-refractivity contribution in [1.29, 1.82) is 0 Å². The first-order valence-corrected chi connectivity index (χ1v) is 10.0. The Morgan fingerprint density at radius 1 is 1.21 bits per heavy atom. The van der Waals surface area contributed by atoms with E-state index in [0.717, 1.165) is 31.2 Å². The molecule has 2 amide bonds. The minimum absolute atomic E-state index is 0.122. The number of unbranched alkanes of at least 4 members (excludes halogenated alkanes) is 1. The molecule has 160 valence electrons. The van der Waals surface area contributed by atoms with Crippen LogP contribution >= 0.6 is 0 Å². The summed E-state index contributed by atoms with van der Waals surface area (Å²) in [6.45, 7) is 1.49. The van der Waals surface area contributed by atoms with Gasteiger partial charge in [-0.25, -0.2) is 4.79 Å². The second-order valence-electron chi connectivity index (χ2n) is 7.09. The van der Waals surface area contributed by atoms with Crippen LogP contribution in [0, 0.1) is 0 Å². The Bertz CT molecular complexity index is 694. The van der Waals surface area contributed by atoms with Crippen molar-refractivity contribution < 1.29 is 29.0 Å². The highest BCUT2D eigenvalue weighted by atomic mass is 16.5. The molecule has 1 atom stereocenters. The molecule has 2 N–H and O–H groups in total.